The van der Waals surface area contributed by atoms with E-state index in [0.717, 1.165) is 62.0 Å². The fourth-order valence-corrected chi connectivity index (χ4v) is 4.86. The highest BCUT2D eigenvalue weighted by Crippen LogP contribution is 2.33. The third-order valence-electron chi connectivity index (χ3n) is 6.79. The van der Waals surface area contributed by atoms with Crippen LogP contribution in [0.15, 0.2) is 18.2 Å². The Balaban J connectivity index is 1.73. The van der Waals surface area contributed by atoms with Crippen molar-refractivity contribution in [2.24, 2.45) is 0 Å². The molecule has 27 heavy (non-hydrogen) atoms. The second-order valence-corrected chi connectivity index (χ2v) is 8.60. The van der Waals surface area contributed by atoms with E-state index in [1.807, 2.05) is 46.1 Å². The molecular weight excluding hydrogens is 338 g/mol. The molecule has 5 nitrogen and oxygen atoms in total. The molecule has 3 rings (SSSR count). The lowest BCUT2D eigenvalue weighted by atomic mass is 9.82. The van der Waals surface area contributed by atoms with Gasteiger partial charge >= 0.3 is 0 Å². The Morgan fingerprint density at radius 3 is 2.30 bits per heavy atom. The van der Waals surface area contributed by atoms with Crippen LogP contribution in [0.1, 0.15) is 49.7 Å². The first-order valence-electron chi connectivity index (χ1n) is 10.3. The molecule has 2 atom stereocenters. The largest absolute Gasteiger partial charge is 0.391 e. The number of carbonyl (C=O) groups is 1. The van der Waals surface area contributed by atoms with Crippen LogP contribution >= 0.6 is 0 Å². The first-order chi connectivity index (χ1) is 12.8. The van der Waals surface area contributed by atoms with Crippen molar-refractivity contribution in [2.45, 2.75) is 70.1 Å². The van der Waals surface area contributed by atoms with E-state index in [0.29, 0.717) is 0 Å². The van der Waals surface area contributed by atoms with Crippen molar-refractivity contribution in [3.05, 3.63) is 29.3 Å². The molecule has 5 heteroatoms. The number of anilines is 1. The maximum Gasteiger partial charge on any atom is 0.244 e. The number of nitrogens with zero attached hydrogens (tertiary/aromatic N) is 2. The third kappa shape index (κ3) is 4.05. The van der Waals surface area contributed by atoms with Gasteiger partial charge in [0, 0.05) is 24.8 Å². The Hall–Kier alpha value is -1.43. The fraction of sp³-hybridized carbons (Fsp3) is 0.682. The molecule has 1 saturated heterocycles. The zero-order chi connectivity index (χ0) is 19.6. The molecule has 0 bridgehead atoms. The van der Waals surface area contributed by atoms with Crippen molar-refractivity contribution >= 4 is 11.6 Å². The average Bonchev–Trinajstić information content (AvgIpc) is 2.65. The zero-order valence-electron chi connectivity index (χ0n) is 17.3. The van der Waals surface area contributed by atoms with Gasteiger partial charge in [-0.15, -0.1) is 0 Å². The number of piperidine rings is 1. The van der Waals surface area contributed by atoms with E-state index in [2.05, 4.69) is 15.1 Å². The minimum atomic E-state index is -0.495. The van der Waals surface area contributed by atoms with E-state index < -0.39 is 5.54 Å². The van der Waals surface area contributed by atoms with Crippen molar-refractivity contribution in [2.75, 3.05) is 32.5 Å². The predicted octanol–water partition coefficient (Wildman–Crippen LogP) is 2.94. The SMILES string of the molecule is Cc1cccc(C)c1NC(=O)C1(N(C)C)CCN(C2CCCCC2O)CC1. The van der Waals surface area contributed by atoms with Gasteiger partial charge in [-0.3, -0.25) is 14.6 Å². The van der Waals surface area contributed by atoms with E-state index in [1.54, 1.807) is 0 Å². The minimum Gasteiger partial charge on any atom is -0.391 e. The Morgan fingerprint density at radius 2 is 1.74 bits per heavy atom. The molecule has 1 aliphatic heterocycles. The van der Waals surface area contributed by atoms with Gasteiger partial charge in [0.1, 0.15) is 5.54 Å². The van der Waals surface area contributed by atoms with E-state index >= 15 is 0 Å². The van der Waals surface area contributed by atoms with Gasteiger partial charge in [0.25, 0.3) is 0 Å². The summed E-state index contributed by atoms with van der Waals surface area (Å²) < 4.78 is 0. The van der Waals surface area contributed by atoms with Gasteiger partial charge in [0.05, 0.1) is 6.10 Å². The molecule has 0 radical (unpaired) electrons. The van der Waals surface area contributed by atoms with Crippen LogP contribution < -0.4 is 5.32 Å². The molecule has 2 aliphatic rings. The van der Waals surface area contributed by atoms with Crippen LogP contribution in [0.3, 0.4) is 0 Å². The second kappa shape index (κ2) is 8.29. The molecule has 0 aromatic heterocycles. The normalized spacial score (nSPS) is 26.1. The van der Waals surface area contributed by atoms with Crippen LogP contribution in [0.4, 0.5) is 5.69 Å². The summed E-state index contributed by atoms with van der Waals surface area (Å²) >= 11 is 0. The number of para-hydroxylation sites is 1. The van der Waals surface area contributed by atoms with Gasteiger partial charge < -0.3 is 10.4 Å². The van der Waals surface area contributed by atoms with Crippen molar-refractivity contribution in [1.82, 2.24) is 9.80 Å². The molecule has 1 aliphatic carbocycles. The number of likely N-dealkylation sites (tertiary alicyclic amines) is 1. The first-order valence-corrected chi connectivity index (χ1v) is 10.3. The topological polar surface area (TPSA) is 55.8 Å². The van der Waals surface area contributed by atoms with Gasteiger partial charge in [-0.2, -0.15) is 0 Å². The third-order valence-corrected chi connectivity index (χ3v) is 6.79. The Kier molecular flexibility index (Phi) is 6.24. The summed E-state index contributed by atoms with van der Waals surface area (Å²) in [5.74, 6) is 0.0914. The number of rotatable bonds is 4. The zero-order valence-corrected chi connectivity index (χ0v) is 17.3. The van der Waals surface area contributed by atoms with E-state index in [4.69, 9.17) is 0 Å². The highest BCUT2D eigenvalue weighted by atomic mass is 16.3. The molecular formula is C22H35N3O2. The first kappa shape index (κ1) is 20.3. The summed E-state index contributed by atoms with van der Waals surface area (Å²) in [6.45, 7) is 5.80. The monoisotopic (exact) mass is 373 g/mol. The molecule has 1 heterocycles. The lowest BCUT2D eigenvalue weighted by Crippen LogP contribution is -2.61. The summed E-state index contributed by atoms with van der Waals surface area (Å²) in [4.78, 5) is 17.9. The smallest absolute Gasteiger partial charge is 0.244 e. The summed E-state index contributed by atoms with van der Waals surface area (Å²) in [6, 6.07) is 6.37. The van der Waals surface area contributed by atoms with Gasteiger partial charge in [-0.1, -0.05) is 31.0 Å². The summed E-state index contributed by atoms with van der Waals surface area (Å²) in [5, 5.41) is 13.6. The Bertz CT molecular complexity index is 645. The number of benzene rings is 1. The maximum absolute atomic E-state index is 13.4. The highest BCUT2D eigenvalue weighted by Gasteiger charge is 2.45. The van der Waals surface area contributed by atoms with Crippen LogP contribution in [0.25, 0.3) is 0 Å². The van der Waals surface area contributed by atoms with Gasteiger partial charge in [0.2, 0.25) is 5.91 Å². The minimum absolute atomic E-state index is 0.0914. The summed E-state index contributed by atoms with van der Waals surface area (Å²) in [5.41, 5.74) is 2.64. The molecule has 1 aromatic carbocycles. The number of amides is 1. The molecule has 1 aromatic rings. The maximum atomic E-state index is 13.4. The van der Waals surface area contributed by atoms with Crippen molar-refractivity contribution in [3.8, 4) is 0 Å². The Labute approximate surface area is 163 Å². The summed E-state index contributed by atoms with van der Waals surface area (Å²) in [7, 11) is 4.02. The standard InChI is InChI=1S/C22H35N3O2/c1-16-8-7-9-17(2)20(16)23-21(27)22(24(3)4)12-14-25(15-13-22)18-10-5-6-11-19(18)26/h7-9,18-19,26H,5-6,10-15H2,1-4H3,(H,23,27). The molecule has 1 amide bonds. The second-order valence-electron chi connectivity index (χ2n) is 8.60. The van der Waals surface area contributed by atoms with Crippen LogP contribution in [0.5, 0.6) is 0 Å². The highest BCUT2D eigenvalue weighted by molar-refractivity contribution is 5.99. The molecule has 1 saturated carbocycles. The van der Waals surface area contributed by atoms with Crippen LogP contribution in [-0.4, -0.2) is 65.7 Å². The van der Waals surface area contributed by atoms with Crippen LogP contribution in [0, 0.1) is 13.8 Å². The average molecular weight is 374 g/mol. The van der Waals surface area contributed by atoms with Crippen LogP contribution in [-0.2, 0) is 4.79 Å². The number of hydrogen-bond donors (Lipinski definition) is 2. The molecule has 0 spiro atoms. The van der Waals surface area contributed by atoms with Crippen LogP contribution in [0.2, 0.25) is 0 Å². The summed E-state index contributed by atoms with van der Waals surface area (Å²) in [6.07, 6.45) is 5.68. The predicted molar refractivity (Wildman–Crippen MR) is 110 cm³/mol. The lowest BCUT2D eigenvalue weighted by molar-refractivity contribution is -0.130. The van der Waals surface area contributed by atoms with Gasteiger partial charge in [-0.25, -0.2) is 0 Å². The molecule has 2 N–H and O–H groups in total. The molecule has 150 valence electrons. The van der Waals surface area contributed by atoms with Crippen molar-refractivity contribution in [1.29, 1.82) is 0 Å². The number of carbonyl (C=O) groups excluding carboxylic acids is 1. The van der Waals surface area contributed by atoms with E-state index in [1.165, 1.54) is 6.42 Å². The van der Waals surface area contributed by atoms with Gasteiger partial charge in [-0.05, 0) is 64.8 Å². The number of nitrogens with one attached hydrogen (secondary N) is 1. The number of aliphatic hydroxyl groups is 1. The Morgan fingerprint density at radius 1 is 1.15 bits per heavy atom. The van der Waals surface area contributed by atoms with E-state index in [9.17, 15) is 9.90 Å². The number of likely N-dealkylation sites (N-methyl/N-ethyl adjacent to an activating group) is 1. The molecule has 2 unspecified atom stereocenters. The lowest BCUT2D eigenvalue weighted by Gasteiger charge is -2.48. The number of aryl methyl sites for hydroxylation is 2. The van der Waals surface area contributed by atoms with Crippen molar-refractivity contribution < 1.29 is 9.90 Å². The van der Waals surface area contributed by atoms with Crippen molar-refractivity contribution in [3.63, 3.8) is 0 Å². The van der Waals surface area contributed by atoms with Gasteiger partial charge in [0.15, 0.2) is 0 Å². The number of hydrogen-bond acceptors (Lipinski definition) is 4. The number of aliphatic hydroxyl groups excluding tert-OH is 1. The quantitative estimate of drug-likeness (QED) is 0.852. The fourth-order valence-electron chi connectivity index (χ4n) is 4.86. The molecule has 2 fully saturated rings. The van der Waals surface area contributed by atoms with E-state index in [-0.39, 0.29) is 18.1 Å².